The lowest BCUT2D eigenvalue weighted by molar-refractivity contribution is -0.134. The van der Waals surface area contributed by atoms with E-state index in [-0.39, 0.29) is 29.8 Å². The average Bonchev–Trinajstić information content (AvgIpc) is 3.33. The van der Waals surface area contributed by atoms with Gasteiger partial charge in [-0.15, -0.1) is 0 Å². The Balaban J connectivity index is 1.50. The number of carbonyl (C=O) groups is 2. The third kappa shape index (κ3) is 2.91. The number of rotatable bonds is 5. The molecule has 3 fully saturated rings. The van der Waals surface area contributed by atoms with Gasteiger partial charge in [-0.3, -0.25) is 9.59 Å². The van der Waals surface area contributed by atoms with Crippen LogP contribution in [0.5, 0.6) is 0 Å². The van der Waals surface area contributed by atoms with Gasteiger partial charge in [0, 0.05) is 32.2 Å². The lowest BCUT2D eigenvalue weighted by atomic mass is 10.1. The van der Waals surface area contributed by atoms with Crippen LogP contribution in [-0.2, 0) is 14.3 Å². The number of hydrogen-bond acceptors (Lipinski definition) is 3. The fourth-order valence-corrected chi connectivity index (χ4v) is 3.33. The molecule has 0 spiro atoms. The highest BCUT2D eigenvalue weighted by Gasteiger charge is 2.49. The molecule has 2 unspecified atom stereocenters. The van der Waals surface area contributed by atoms with Gasteiger partial charge in [-0.05, 0) is 32.1 Å². The number of halogens is 1. The predicted octanol–water partition coefficient (Wildman–Crippen LogP) is 0.733. The Bertz CT molecular complexity index is 445. The molecule has 118 valence electrons. The molecule has 0 aromatic carbocycles. The zero-order chi connectivity index (χ0) is 15.1. The quantitative estimate of drug-likeness (QED) is 0.814. The second-order valence-corrected chi connectivity index (χ2v) is 6.59. The fourth-order valence-electron chi connectivity index (χ4n) is 3.33. The van der Waals surface area contributed by atoms with Gasteiger partial charge < -0.3 is 15.0 Å². The molecule has 3 rings (SSSR count). The third-order valence-electron chi connectivity index (χ3n) is 5.04. The molecule has 1 N–H and O–H groups in total. The van der Waals surface area contributed by atoms with Crippen molar-refractivity contribution < 1.29 is 18.7 Å². The lowest BCUT2D eigenvalue weighted by Crippen LogP contribution is -2.46. The first-order valence-corrected chi connectivity index (χ1v) is 7.76. The highest BCUT2D eigenvalue weighted by molar-refractivity contribution is 5.84. The molecule has 1 saturated heterocycles. The summed E-state index contributed by atoms with van der Waals surface area (Å²) < 4.78 is 18.0. The van der Waals surface area contributed by atoms with Crippen molar-refractivity contribution in [1.29, 1.82) is 0 Å². The summed E-state index contributed by atoms with van der Waals surface area (Å²) in [5, 5.41) is 2.90. The Morgan fingerprint density at radius 2 is 2.05 bits per heavy atom. The van der Waals surface area contributed by atoms with E-state index in [2.05, 4.69) is 5.32 Å². The molecule has 3 aliphatic rings. The smallest absolute Gasteiger partial charge is 0.226 e. The summed E-state index contributed by atoms with van der Waals surface area (Å²) in [6.45, 7) is 3.27. The predicted molar refractivity (Wildman–Crippen MR) is 74.2 cm³/mol. The van der Waals surface area contributed by atoms with Crippen LogP contribution in [0.3, 0.4) is 0 Å². The van der Waals surface area contributed by atoms with E-state index in [1.54, 1.807) is 7.11 Å². The third-order valence-corrected chi connectivity index (χ3v) is 5.04. The first-order chi connectivity index (χ1) is 10.0. The van der Waals surface area contributed by atoms with E-state index in [0.29, 0.717) is 25.5 Å². The van der Waals surface area contributed by atoms with Crippen LogP contribution in [0.4, 0.5) is 4.39 Å². The highest BCUT2D eigenvalue weighted by Crippen LogP contribution is 2.41. The number of likely N-dealkylation sites (tertiary alicyclic amines) is 1. The molecule has 21 heavy (non-hydrogen) atoms. The Kier molecular flexibility index (Phi) is 3.90. The number of amides is 2. The number of hydrogen-bond donors (Lipinski definition) is 1. The molecule has 2 saturated carbocycles. The van der Waals surface area contributed by atoms with E-state index in [1.165, 1.54) is 0 Å². The molecule has 2 amide bonds. The molecule has 0 bridgehead atoms. The SMILES string of the molecule is COC[C@@H]1C[C@H]1C(=O)N1CC[C@@H](NC(=O)C2CC2F)[C@H]1C. The van der Waals surface area contributed by atoms with E-state index in [9.17, 15) is 14.0 Å². The normalized spacial score (nSPS) is 41.0. The maximum atomic E-state index is 12.9. The van der Waals surface area contributed by atoms with E-state index in [1.807, 2.05) is 11.8 Å². The standard InChI is InChI=1S/C15H23FN2O3/c1-8-13(17-14(19)11-6-12(11)16)3-4-18(8)15(20)10-5-9(10)7-21-2/h8-13H,3-7H2,1-2H3,(H,17,19)/t8-,9+,10-,11?,12?,13-/m1/s1. The van der Waals surface area contributed by atoms with Gasteiger partial charge in [-0.25, -0.2) is 4.39 Å². The van der Waals surface area contributed by atoms with Gasteiger partial charge in [0.05, 0.1) is 12.0 Å². The van der Waals surface area contributed by atoms with E-state index in [4.69, 9.17) is 4.74 Å². The van der Waals surface area contributed by atoms with Crippen LogP contribution >= 0.6 is 0 Å². The molecule has 0 aromatic heterocycles. The lowest BCUT2D eigenvalue weighted by Gasteiger charge is -2.25. The zero-order valence-corrected chi connectivity index (χ0v) is 12.5. The topological polar surface area (TPSA) is 58.6 Å². The van der Waals surface area contributed by atoms with Crippen LogP contribution < -0.4 is 5.32 Å². The summed E-state index contributed by atoms with van der Waals surface area (Å²) in [7, 11) is 1.65. The summed E-state index contributed by atoms with van der Waals surface area (Å²) >= 11 is 0. The molecule has 1 heterocycles. The molecule has 0 radical (unpaired) electrons. The van der Waals surface area contributed by atoms with Crippen molar-refractivity contribution >= 4 is 11.8 Å². The highest BCUT2D eigenvalue weighted by atomic mass is 19.1. The summed E-state index contributed by atoms with van der Waals surface area (Å²) in [6.07, 6.45) is 1.03. The summed E-state index contributed by atoms with van der Waals surface area (Å²) in [6, 6.07) is -0.0593. The van der Waals surface area contributed by atoms with Crippen molar-refractivity contribution in [2.24, 2.45) is 17.8 Å². The Hall–Kier alpha value is -1.17. The van der Waals surface area contributed by atoms with E-state index in [0.717, 1.165) is 12.8 Å². The van der Waals surface area contributed by atoms with Gasteiger partial charge >= 0.3 is 0 Å². The first-order valence-electron chi connectivity index (χ1n) is 7.76. The van der Waals surface area contributed by atoms with Crippen molar-refractivity contribution in [2.75, 3.05) is 20.3 Å². The first kappa shape index (κ1) is 14.8. The Labute approximate surface area is 124 Å². The minimum absolute atomic E-state index is 0.0120. The van der Waals surface area contributed by atoms with Crippen LogP contribution in [0, 0.1) is 17.8 Å². The molecule has 1 aliphatic heterocycles. The summed E-state index contributed by atoms with van der Waals surface area (Å²) in [5.41, 5.74) is 0. The second kappa shape index (κ2) is 5.55. The Morgan fingerprint density at radius 3 is 2.67 bits per heavy atom. The summed E-state index contributed by atoms with van der Waals surface area (Å²) in [5.74, 6) is -0.0486. The fraction of sp³-hybridized carbons (Fsp3) is 0.867. The van der Waals surface area contributed by atoms with Crippen LogP contribution in [0.25, 0.3) is 0 Å². The van der Waals surface area contributed by atoms with Gasteiger partial charge in [-0.1, -0.05) is 0 Å². The van der Waals surface area contributed by atoms with Crippen molar-refractivity contribution in [1.82, 2.24) is 10.2 Å². The Morgan fingerprint density at radius 1 is 1.33 bits per heavy atom. The molecule has 0 aromatic rings. The van der Waals surface area contributed by atoms with Crippen molar-refractivity contribution in [3.05, 3.63) is 0 Å². The minimum atomic E-state index is -0.972. The molecule has 6 heteroatoms. The van der Waals surface area contributed by atoms with Crippen molar-refractivity contribution in [3.8, 4) is 0 Å². The molecule has 6 atom stereocenters. The number of methoxy groups -OCH3 is 1. The molecular weight excluding hydrogens is 275 g/mol. The van der Waals surface area contributed by atoms with Gasteiger partial charge in [-0.2, -0.15) is 0 Å². The van der Waals surface area contributed by atoms with Gasteiger partial charge in [0.2, 0.25) is 11.8 Å². The number of ether oxygens (including phenoxy) is 1. The van der Waals surface area contributed by atoms with Crippen molar-refractivity contribution in [2.45, 2.75) is 44.4 Å². The molecular formula is C15H23FN2O3. The second-order valence-electron chi connectivity index (χ2n) is 6.59. The van der Waals surface area contributed by atoms with Crippen LogP contribution in [-0.4, -0.2) is 55.2 Å². The molecule has 5 nitrogen and oxygen atoms in total. The monoisotopic (exact) mass is 298 g/mol. The minimum Gasteiger partial charge on any atom is -0.384 e. The van der Waals surface area contributed by atoms with E-state index >= 15 is 0 Å². The van der Waals surface area contributed by atoms with Crippen LogP contribution in [0.2, 0.25) is 0 Å². The largest absolute Gasteiger partial charge is 0.384 e. The van der Waals surface area contributed by atoms with Crippen LogP contribution in [0.15, 0.2) is 0 Å². The number of nitrogens with one attached hydrogen (secondary N) is 1. The van der Waals surface area contributed by atoms with Gasteiger partial charge in [0.15, 0.2) is 0 Å². The maximum Gasteiger partial charge on any atom is 0.226 e. The van der Waals surface area contributed by atoms with E-state index < -0.39 is 12.1 Å². The van der Waals surface area contributed by atoms with Gasteiger partial charge in [0.25, 0.3) is 0 Å². The van der Waals surface area contributed by atoms with Crippen LogP contribution in [0.1, 0.15) is 26.2 Å². The maximum absolute atomic E-state index is 12.9. The average molecular weight is 298 g/mol. The molecule has 2 aliphatic carbocycles. The zero-order valence-electron chi connectivity index (χ0n) is 12.5. The number of alkyl halides is 1. The number of nitrogens with zero attached hydrogens (tertiary/aromatic N) is 1. The van der Waals surface area contributed by atoms with Crippen molar-refractivity contribution in [3.63, 3.8) is 0 Å². The summed E-state index contributed by atoms with van der Waals surface area (Å²) in [4.78, 5) is 26.1. The van der Waals surface area contributed by atoms with Gasteiger partial charge in [0.1, 0.15) is 6.17 Å². The number of carbonyl (C=O) groups excluding carboxylic acids is 2.